The number of hydrogen-bond donors (Lipinski definition) is 2. The molecule has 1 rings (SSSR count). The first kappa shape index (κ1) is 29.2. The summed E-state index contributed by atoms with van der Waals surface area (Å²) in [5, 5.41) is 4.77. The Bertz CT molecular complexity index is 919. The molecule has 192 valence electrons. The minimum Gasteiger partial charge on any atom is -0.458 e. The minimum absolute atomic E-state index is 0.0590. The predicted molar refractivity (Wildman–Crippen MR) is 127 cm³/mol. The summed E-state index contributed by atoms with van der Waals surface area (Å²) >= 11 is 0. The summed E-state index contributed by atoms with van der Waals surface area (Å²) in [4.78, 5) is 36.4. The summed E-state index contributed by atoms with van der Waals surface area (Å²) in [5.74, 6) is -1.87. The number of benzene rings is 1. The van der Waals surface area contributed by atoms with Gasteiger partial charge in [0.15, 0.2) is 9.84 Å². The fraction of sp³-hybridized carbons (Fsp3) is 0.609. The van der Waals surface area contributed by atoms with Crippen LogP contribution >= 0.6 is 0 Å². The molecule has 11 heteroatoms. The molecule has 0 aliphatic carbocycles. The number of carbonyl (C=O) groups is 3. The Morgan fingerprint density at radius 1 is 0.912 bits per heavy atom. The van der Waals surface area contributed by atoms with Gasteiger partial charge in [-0.3, -0.25) is 0 Å². The van der Waals surface area contributed by atoms with Crippen LogP contribution in [0.5, 0.6) is 0 Å². The molecule has 0 bridgehead atoms. The Labute approximate surface area is 201 Å². The van der Waals surface area contributed by atoms with Crippen molar-refractivity contribution in [2.45, 2.75) is 71.8 Å². The maximum atomic E-state index is 12.6. The van der Waals surface area contributed by atoms with Gasteiger partial charge in [0, 0.05) is 6.54 Å². The fourth-order valence-corrected chi connectivity index (χ4v) is 4.06. The zero-order chi connectivity index (χ0) is 26.0. The molecule has 0 spiro atoms. The number of sulfone groups is 1. The zero-order valence-electron chi connectivity index (χ0n) is 20.7. The highest BCUT2D eigenvalue weighted by molar-refractivity contribution is 7.91. The summed E-state index contributed by atoms with van der Waals surface area (Å²) in [6.45, 7) is 9.98. The molecular weight excluding hydrogens is 464 g/mol. The lowest BCUT2D eigenvalue weighted by Gasteiger charge is -2.26. The van der Waals surface area contributed by atoms with Crippen molar-refractivity contribution in [1.82, 2.24) is 10.6 Å². The fourth-order valence-electron chi connectivity index (χ4n) is 2.59. The van der Waals surface area contributed by atoms with Gasteiger partial charge in [-0.2, -0.15) is 0 Å². The van der Waals surface area contributed by atoms with Crippen molar-refractivity contribution < 1.29 is 37.0 Å². The molecule has 0 saturated carbocycles. The van der Waals surface area contributed by atoms with Crippen molar-refractivity contribution in [3.63, 3.8) is 0 Å². The van der Waals surface area contributed by atoms with Gasteiger partial charge in [0.05, 0.1) is 11.5 Å². The molecule has 0 heterocycles. The molecule has 1 aromatic carbocycles. The zero-order valence-corrected chi connectivity index (χ0v) is 21.5. The lowest BCUT2D eigenvalue weighted by Crippen LogP contribution is -2.49. The quantitative estimate of drug-likeness (QED) is 0.284. The number of ether oxygens (including phenoxy) is 3. The molecule has 0 radical (unpaired) electrons. The van der Waals surface area contributed by atoms with Gasteiger partial charge in [-0.25, -0.2) is 22.8 Å². The third kappa shape index (κ3) is 13.7. The van der Waals surface area contributed by atoms with E-state index < -0.39 is 51.0 Å². The van der Waals surface area contributed by atoms with Crippen LogP contribution in [0.2, 0.25) is 0 Å². The van der Waals surface area contributed by atoms with Crippen LogP contribution in [0.4, 0.5) is 9.59 Å². The lowest BCUT2D eigenvalue weighted by atomic mass is 10.2. The second kappa shape index (κ2) is 12.6. The second-order valence-corrected chi connectivity index (χ2v) is 11.9. The van der Waals surface area contributed by atoms with Gasteiger partial charge in [-0.15, -0.1) is 0 Å². The number of amides is 2. The van der Waals surface area contributed by atoms with Crippen LogP contribution in [0.3, 0.4) is 0 Å². The lowest BCUT2D eigenvalue weighted by molar-refractivity contribution is -0.156. The molecule has 0 aliphatic rings. The molecule has 0 aromatic heterocycles. The Morgan fingerprint density at radius 2 is 1.50 bits per heavy atom. The third-order valence-corrected chi connectivity index (χ3v) is 5.67. The number of hydrogen-bond acceptors (Lipinski definition) is 8. The molecule has 0 unspecified atom stereocenters. The first-order valence-corrected chi connectivity index (χ1v) is 12.8. The SMILES string of the molecule is CC(C)(C)OC(=O)N[C@@H](CS(=O)(=O)CCCNC(=O)OCc1ccccc1)C(=O)OC(C)(C)C. The molecule has 10 nitrogen and oxygen atoms in total. The van der Waals surface area contributed by atoms with E-state index in [-0.39, 0.29) is 25.3 Å². The van der Waals surface area contributed by atoms with Crippen molar-refractivity contribution in [2.75, 3.05) is 18.1 Å². The van der Waals surface area contributed by atoms with E-state index in [4.69, 9.17) is 14.2 Å². The molecular formula is C23H36N2O8S. The topological polar surface area (TPSA) is 137 Å². The Kier molecular flexibility index (Phi) is 10.8. The van der Waals surface area contributed by atoms with Crippen LogP contribution in [0, 0.1) is 0 Å². The third-order valence-electron chi connectivity index (χ3n) is 3.92. The van der Waals surface area contributed by atoms with Crippen LogP contribution < -0.4 is 10.6 Å². The molecule has 1 atom stereocenters. The molecule has 1 aromatic rings. The minimum atomic E-state index is -3.79. The van der Waals surface area contributed by atoms with Gasteiger partial charge >= 0.3 is 18.2 Å². The Hall–Kier alpha value is -2.82. The smallest absolute Gasteiger partial charge is 0.408 e. The molecule has 0 saturated heterocycles. The van der Waals surface area contributed by atoms with Gasteiger partial charge in [0.2, 0.25) is 0 Å². The highest BCUT2D eigenvalue weighted by Gasteiger charge is 2.32. The summed E-state index contributed by atoms with van der Waals surface area (Å²) in [6.07, 6.45) is -1.50. The van der Waals surface area contributed by atoms with Gasteiger partial charge in [0.25, 0.3) is 0 Å². The largest absolute Gasteiger partial charge is 0.458 e. The van der Waals surface area contributed by atoms with E-state index >= 15 is 0 Å². The van der Waals surface area contributed by atoms with Gasteiger partial charge in [-0.05, 0) is 53.5 Å². The monoisotopic (exact) mass is 500 g/mol. The summed E-state index contributed by atoms with van der Waals surface area (Å²) in [6, 6.07) is 7.68. The average molecular weight is 501 g/mol. The second-order valence-electron chi connectivity index (χ2n) is 9.69. The van der Waals surface area contributed by atoms with Crippen molar-refractivity contribution in [3.05, 3.63) is 35.9 Å². The van der Waals surface area contributed by atoms with E-state index in [1.165, 1.54) is 0 Å². The van der Waals surface area contributed by atoms with E-state index in [1.54, 1.807) is 41.5 Å². The summed E-state index contributed by atoms with van der Waals surface area (Å²) in [5.41, 5.74) is -0.882. The highest BCUT2D eigenvalue weighted by Crippen LogP contribution is 2.12. The van der Waals surface area contributed by atoms with Gasteiger partial charge in [-0.1, -0.05) is 30.3 Å². The van der Waals surface area contributed by atoms with Crippen molar-refractivity contribution in [2.24, 2.45) is 0 Å². The van der Waals surface area contributed by atoms with Crippen molar-refractivity contribution >= 4 is 28.0 Å². The first-order valence-electron chi connectivity index (χ1n) is 10.9. The summed E-state index contributed by atoms with van der Waals surface area (Å²) in [7, 11) is -3.79. The predicted octanol–water partition coefficient (Wildman–Crippen LogP) is 2.95. The Morgan fingerprint density at radius 3 is 2.06 bits per heavy atom. The molecule has 34 heavy (non-hydrogen) atoms. The number of rotatable bonds is 10. The number of alkyl carbamates (subject to hydrolysis) is 2. The van der Waals surface area contributed by atoms with E-state index in [2.05, 4.69) is 10.6 Å². The van der Waals surface area contributed by atoms with E-state index in [1.807, 2.05) is 30.3 Å². The molecule has 2 N–H and O–H groups in total. The number of nitrogens with one attached hydrogen (secondary N) is 2. The van der Waals surface area contributed by atoms with Gasteiger partial charge in [0.1, 0.15) is 23.9 Å². The first-order chi connectivity index (χ1) is 15.6. The number of esters is 1. The van der Waals surface area contributed by atoms with E-state index in [0.717, 1.165) is 5.56 Å². The van der Waals surface area contributed by atoms with Crippen LogP contribution in [0.25, 0.3) is 0 Å². The maximum absolute atomic E-state index is 12.6. The Balaban J connectivity index is 2.59. The molecule has 0 aliphatic heterocycles. The molecule has 2 amide bonds. The van der Waals surface area contributed by atoms with Gasteiger partial charge < -0.3 is 24.8 Å². The average Bonchev–Trinajstić information content (AvgIpc) is 2.67. The van der Waals surface area contributed by atoms with Crippen LogP contribution in [0.1, 0.15) is 53.5 Å². The van der Waals surface area contributed by atoms with E-state index in [0.29, 0.717) is 0 Å². The van der Waals surface area contributed by atoms with Crippen LogP contribution in [-0.2, 0) is 35.4 Å². The van der Waals surface area contributed by atoms with E-state index in [9.17, 15) is 22.8 Å². The summed E-state index contributed by atoms with van der Waals surface area (Å²) < 4.78 is 40.6. The molecule has 0 fully saturated rings. The maximum Gasteiger partial charge on any atom is 0.408 e. The highest BCUT2D eigenvalue weighted by atomic mass is 32.2. The number of carbonyl (C=O) groups excluding carboxylic acids is 3. The van der Waals surface area contributed by atoms with Crippen molar-refractivity contribution in [3.8, 4) is 0 Å². The normalized spacial score (nSPS) is 12.9. The standard InChI is InChI=1S/C23H36N2O8S/c1-22(2,3)32-19(26)18(25-21(28)33-23(4,5)6)16-34(29,30)14-10-13-24-20(27)31-15-17-11-8-7-9-12-17/h7-9,11-12,18H,10,13-16H2,1-6H3,(H,24,27)(H,25,28)/t18-/m0/s1. The van der Waals surface area contributed by atoms with Crippen molar-refractivity contribution in [1.29, 1.82) is 0 Å². The van der Waals surface area contributed by atoms with Crippen LogP contribution in [-0.4, -0.2) is 61.9 Å². The van der Waals surface area contributed by atoms with Crippen LogP contribution in [0.15, 0.2) is 30.3 Å².